The number of rotatable bonds is 4. The fourth-order valence-electron chi connectivity index (χ4n) is 1.41. The van der Waals surface area contributed by atoms with Crippen LogP contribution in [0.4, 0.5) is 18.9 Å². The van der Waals surface area contributed by atoms with Gasteiger partial charge < -0.3 is 26.2 Å². The first-order valence-corrected chi connectivity index (χ1v) is 7.76. The van der Waals surface area contributed by atoms with Gasteiger partial charge in [-0.25, -0.2) is 13.2 Å². The number of benzene rings is 1. The van der Waals surface area contributed by atoms with Gasteiger partial charge in [-0.2, -0.15) is 0 Å². The van der Waals surface area contributed by atoms with Gasteiger partial charge in [-0.15, -0.1) is 0 Å². The molecule has 24 heavy (non-hydrogen) atoms. The summed E-state index contributed by atoms with van der Waals surface area (Å²) in [5, 5.41) is 16.8. The Hall–Kier alpha value is -1.65. The summed E-state index contributed by atoms with van der Waals surface area (Å²) in [5.41, 5.74) is 3.99. The third-order valence-corrected chi connectivity index (χ3v) is 2.72. The highest BCUT2D eigenvalue weighted by molar-refractivity contribution is 7.80. The molecule has 0 aliphatic carbocycles. The summed E-state index contributed by atoms with van der Waals surface area (Å²) in [7, 11) is 0. The van der Waals surface area contributed by atoms with E-state index >= 15 is 0 Å². The maximum absolute atomic E-state index is 12.8. The van der Waals surface area contributed by atoms with Crippen molar-refractivity contribution in [3.63, 3.8) is 0 Å². The van der Waals surface area contributed by atoms with Gasteiger partial charge in [0.25, 0.3) is 10.3 Å². The Labute approximate surface area is 150 Å². The number of aliphatic hydroxyl groups is 2. The third kappa shape index (κ3) is 11.9. The van der Waals surface area contributed by atoms with Gasteiger partial charge in [-0.05, 0) is 56.2 Å². The van der Waals surface area contributed by atoms with E-state index in [1.807, 2.05) is 5.32 Å². The number of hydrogen-bond acceptors (Lipinski definition) is 3. The van der Waals surface area contributed by atoms with Crippen LogP contribution in [0.2, 0.25) is 0 Å². The number of nitrogens with one attached hydrogen (secondary N) is 1. The molecule has 1 aromatic rings. The molecule has 10 heteroatoms. The van der Waals surface area contributed by atoms with Gasteiger partial charge >= 0.3 is 0 Å². The molecule has 1 aromatic carbocycles. The van der Waals surface area contributed by atoms with E-state index in [1.54, 1.807) is 0 Å². The lowest BCUT2D eigenvalue weighted by Crippen LogP contribution is -2.21. The van der Waals surface area contributed by atoms with Crippen molar-refractivity contribution in [1.29, 1.82) is 0 Å². The monoisotopic (exact) mass is 385 g/mol. The molecule has 5 nitrogen and oxygen atoms in total. The largest absolute Gasteiger partial charge is 0.487 e. The molecule has 0 saturated carbocycles. The number of nitrogens with two attached hydrogens (primary N) is 1. The maximum Gasteiger partial charge on any atom is 0.258 e. The molecule has 5 N–H and O–H groups in total. The zero-order chi connectivity index (χ0) is 19.3. The van der Waals surface area contributed by atoms with Crippen LogP contribution in [0.1, 0.15) is 20.8 Å². The highest BCUT2D eigenvalue weighted by Gasteiger charge is 2.13. The standard InChI is InChI=1S/C7H4F3NOS.C6H15N.CH3NOS/c8-3-1-2-4(11-7(12)13)6(10)5(3)9;1-4-7(5-2)6-3;2-1(3)4/h1-2H,(H2,11,12,13);4-6H2,1-3H3;(H3,2,3,4). The van der Waals surface area contributed by atoms with Crippen LogP contribution >= 0.6 is 24.4 Å². The molecular weight excluding hydrogens is 363 g/mol. The number of aliphatic hydroxyl groups excluding tert-OH is 2. The number of halogens is 3. The van der Waals surface area contributed by atoms with E-state index < -0.39 is 33.5 Å². The van der Waals surface area contributed by atoms with E-state index in [4.69, 9.17) is 10.2 Å². The van der Waals surface area contributed by atoms with E-state index in [-0.39, 0.29) is 0 Å². The topological polar surface area (TPSA) is 81.8 Å². The molecule has 0 unspecified atom stereocenters. The molecular formula is C14H22F3N3O2S2. The first-order valence-electron chi connectivity index (χ1n) is 6.94. The molecule has 0 bridgehead atoms. The number of nitrogens with zero attached hydrogens (tertiary/aromatic N) is 1. The average molecular weight is 385 g/mol. The van der Waals surface area contributed by atoms with Gasteiger partial charge in [-0.3, -0.25) is 0 Å². The van der Waals surface area contributed by atoms with Crippen LogP contribution in [-0.4, -0.2) is 45.1 Å². The number of anilines is 1. The predicted molar refractivity (Wildman–Crippen MR) is 98.0 cm³/mol. The summed E-state index contributed by atoms with van der Waals surface area (Å²) in [4.78, 5) is 2.38. The second-order valence-corrected chi connectivity index (χ2v) is 4.92. The van der Waals surface area contributed by atoms with Crippen molar-refractivity contribution >= 4 is 40.5 Å². The average Bonchev–Trinajstić information content (AvgIpc) is 2.49. The zero-order valence-corrected chi connectivity index (χ0v) is 15.3. The fraction of sp³-hybridized carbons (Fsp3) is 0.429. The Morgan fingerprint density at radius 1 is 1.04 bits per heavy atom. The molecule has 0 aromatic heterocycles. The number of thiocarbonyl (C=S) groups is 2. The van der Waals surface area contributed by atoms with Crippen LogP contribution in [-0.2, 0) is 0 Å². The molecule has 138 valence electrons. The van der Waals surface area contributed by atoms with E-state index in [9.17, 15) is 13.2 Å². The molecule has 0 aliphatic heterocycles. The first kappa shape index (κ1) is 24.6. The van der Waals surface area contributed by atoms with Gasteiger partial charge in [0.2, 0.25) is 0 Å². The summed E-state index contributed by atoms with van der Waals surface area (Å²) in [5.74, 6) is -4.33. The van der Waals surface area contributed by atoms with Crippen LogP contribution in [0.5, 0.6) is 0 Å². The Balaban J connectivity index is 0. The molecule has 0 heterocycles. The van der Waals surface area contributed by atoms with Gasteiger partial charge in [0.05, 0.1) is 5.69 Å². The lowest BCUT2D eigenvalue weighted by Gasteiger charge is -2.13. The normalized spacial score (nSPS) is 9.29. The summed E-state index contributed by atoms with van der Waals surface area (Å²) in [6.45, 7) is 10.1. The van der Waals surface area contributed by atoms with E-state index in [2.05, 4.69) is 55.8 Å². The van der Waals surface area contributed by atoms with Crippen LogP contribution in [0, 0.1) is 17.5 Å². The molecule has 0 fully saturated rings. The second-order valence-electron chi connectivity index (χ2n) is 4.11. The molecule has 0 spiro atoms. The minimum atomic E-state index is -1.61. The molecule has 0 amide bonds. The maximum atomic E-state index is 12.8. The molecule has 0 atom stereocenters. The van der Waals surface area contributed by atoms with E-state index in [0.29, 0.717) is 0 Å². The predicted octanol–water partition coefficient (Wildman–Crippen LogP) is 3.49. The van der Waals surface area contributed by atoms with Gasteiger partial charge in [0, 0.05) is 0 Å². The minimum absolute atomic E-state index is 0.411. The highest BCUT2D eigenvalue weighted by atomic mass is 32.1. The summed E-state index contributed by atoms with van der Waals surface area (Å²) < 4.78 is 37.7. The fourth-order valence-corrected chi connectivity index (χ4v) is 1.52. The zero-order valence-electron chi connectivity index (χ0n) is 13.6. The molecule has 1 rings (SSSR count). The molecule has 0 radical (unpaired) electrons. The molecule has 0 aliphatic rings. The van der Waals surface area contributed by atoms with Crippen molar-refractivity contribution in [2.75, 3.05) is 25.0 Å². The second kappa shape index (κ2) is 13.8. The van der Waals surface area contributed by atoms with Gasteiger partial charge in [0.1, 0.15) is 0 Å². The minimum Gasteiger partial charge on any atom is -0.487 e. The summed E-state index contributed by atoms with van der Waals surface area (Å²) in [6, 6.07) is 1.65. The quantitative estimate of drug-likeness (QED) is 0.466. The smallest absolute Gasteiger partial charge is 0.258 e. The van der Waals surface area contributed by atoms with Crippen LogP contribution in [0.3, 0.4) is 0 Å². The lowest BCUT2D eigenvalue weighted by molar-refractivity contribution is 0.321. The van der Waals surface area contributed by atoms with Crippen molar-refractivity contribution in [1.82, 2.24) is 4.90 Å². The first-order chi connectivity index (χ1) is 11.1. The van der Waals surface area contributed by atoms with E-state index in [1.165, 1.54) is 19.6 Å². The van der Waals surface area contributed by atoms with E-state index in [0.717, 1.165) is 12.1 Å². The van der Waals surface area contributed by atoms with Crippen molar-refractivity contribution < 1.29 is 23.4 Å². The van der Waals surface area contributed by atoms with Gasteiger partial charge in [0.15, 0.2) is 17.5 Å². The summed E-state index contributed by atoms with van der Waals surface area (Å²) in [6.07, 6.45) is 0. The van der Waals surface area contributed by atoms with Crippen LogP contribution < -0.4 is 11.1 Å². The van der Waals surface area contributed by atoms with Crippen LogP contribution in [0.25, 0.3) is 0 Å². The highest BCUT2D eigenvalue weighted by Crippen LogP contribution is 2.19. The van der Waals surface area contributed by atoms with Crippen LogP contribution in [0.15, 0.2) is 12.1 Å². The summed E-state index contributed by atoms with van der Waals surface area (Å²) >= 11 is 8.05. The van der Waals surface area contributed by atoms with Crippen molar-refractivity contribution in [2.24, 2.45) is 5.73 Å². The SMILES string of the molecule is CCN(CC)CC.NC(O)=S.OC(=S)Nc1ccc(F)c(F)c1F. The Morgan fingerprint density at radius 2 is 1.46 bits per heavy atom. The Morgan fingerprint density at radius 3 is 1.75 bits per heavy atom. The van der Waals surface area contributed by atoms with Crippen molar-refractivity contribution in [2.45, 2.75) is 20.8 Å². The van der Waals surface area contributed by atoms with Crippen molar-refractivity contribution in [3.05, 3.63) is 29.6 Å². The lowest BCUT2D eigenvalue weighted by atomic mass is 10.3. The Kier molecular flexibility index (Phi) is 14.1. The van der Waals surface area contributed by atoms with Crippen molar-refractivity contribution in [3.8, 4) is 0 Å². The Bertz CT molecular complexity index is 521. The number of hydrogen-bond donors (Lipinski definition) is 4. The third-order valence-electron chi connectivity index (χ3n) is 2.62. The van der Waals surface area contributed by atoms with Gasteiger partial charge in [-0.1, -0.05) is 20.8 Å². The molecule has 0 saturated heterocycles.